The molecule has 5 heteroatoms. The van der Waals surface area contributed by atoms with Crippen molar-refractivity contribution in [3.63, 3.8) is 0 Å². The molecular formula is C17H21ClN2O2. The van der Waals surface area contributed by atoms with E-state index in [1.165, 1.54) is 18.1 Å². The fraction of sp³-hybridized carbons (Fsp3) is 0.412. The summed E-state index contributed by atoms with van der Waals surface area (Å²) in [5.74, 6) is 0.0579. The van der Waals surface area contributed by atoms with Crippen LogP contribution in [0.3, 0.4) is 0 Å². The third-order valence-corrected chi connectivity index (χ3v) is 4.17. The molecule has 1 atom stereocenters. The first-order valence-corrected chi connectivity index (χ1v) is 7.80. The third kappa shape index (κ3) is 3.89. The van der Waals surface area contributed by atoms with Gasteiger partial charge in [0.15, 0.2) is 0 Å². The fourth-order valence-corrected chi connectivity index (χ4v) is 3.13. The van der Waals surface area contributed by atoms with Crippen LogP contribution < -0.4 is 10.6 Å². The van der Waals surface area contributed by atoms with Crippen LogP contribution in [-0.2, 0) is 9.59 Å². The SMILES string of the molecule is CC(=O)Nc1ccc(C2=C(C)CCNC(=O)CC2C)cc1Cl. The van der Waals surface area contributed by atoms with Crippen molar-refractivity contribution in [2.24, 2.45) is 5.92 Å². The van der Waals surface area contributed by atoms with Gasteiger partial charge in [-0.15, -0.1) is 0 Å². The number of amides is 2. The second kappa shape index (κ2) is 6.97. The number of hydrogen-bond acceptors (Lipinski definition) is 2. The van der Waals surface area contributed by atoms with Crippen LogP contribution in [0.4, 0.5) is 5.69 Å². The molecule has 0 saturated carbocycles. The summed E-state index contributed by atoms with van der Waals surface area (Å²) < 4.78 is 0. The highest BCUT2D eigenvalue weighted by molar-refractivity contribution is 6.33. The zero-order valence-corrected chi connectivity index (χ0v) is 13.9. The number of allylic oxidation sites excluding steroid dienone is 1. The van der Waals surface area contributed by atoms with Crippen LogP contribution in [-0.4, -0.2) is 18.4 Å². The van der Waals surface area contributed by atoms with E-state index in [0.717, 1.165) is 12.0 Å². The van der Waals surface area contributed by atoms with Gasteiger partial charge in [0.25, 0.3) is 0 Å². The van der Waals surface area contributed by atoms with Crippen molar-refractivity contribution in [1.29, 1.82) is 0 Å². The van der Waals surface area contributed by atoms with Gasteiger partial charge in [-0.3, -0.25) is 9.59 Å². The molecule has 0 fully saturated rings. The van der Waals surface area contributed by atoms with E-state index < -0.39 is 0 Å². The van der Waals surface area contributed by atoms with Crippen LogP contribution in [0.5, 0.6) is 0 Å². The first kappa shape index (κ1) is 16.6. The van der Waals surface area contributed by atoms with E-state index in [1.54, 1.807) is 0 Å². The maximum Gasteiger partial charge on any atom is 0.221 e. The minimum absolute atomic E-state index is 0.0819. The predicted molar refractivity (Wildman–Crippen MR) is 89.8 cm³/mol. The van der Waals surface area contributed by atoms with Gasteiger partial charge in [-0.1, -0.05) is 30.2 Å². The standard InChI is InChI=1S/C17H21ClN2O2/c1-10-6-7-19-16(22)8-11(2)17(10)13-4-5-15(14(18)9-13)20-12(3)21/h4-5,9,11H,6-8H2,1-3H3,(H,19,22)(H,20,21). The highest BCUT2D eigenvalue weighted by Gasteiger charge is 2.20. The van der Waals surface area contributed by atoms with E-state index in [9.17, 15) is 9.59 Å². The molecule has 0 saturated heterocycles. The summed E-state index contributed by atoms with van der Waals surface area (Å²) >= 11 is 6.27. The van der Waals surface area contributed by atoms with Gasteiger partial charge >= 0.3 is 0 Å². The lowest BCUT2D eigenvalue weighted by Gasteiger charge is -2.23. The summed E-state index contributed by atoms with van der Waals surface area (Å²) in [4.78, 5) is 22.9. The van der Waals surface area contributed by atoms with Crippen molar-refractivity contribution in [3.05, 3.63) is 34.4 Å². The molecule has 1 aliphatic rings. The highest BCUT2D eigenvalue weighted by atomic mass is 35.5. The van der Waals surface area contributed by atoms with E-state index in [1.807, 2.05) is 18.2 Å². The number of anilines is 1. The predicted octanol–water partition coefficient (Wildman–Crippen LogP) is 3.62. The summed E-state index contributed by atoms with van der Waals surface area (Å²) in [7, 11) is 0. The van der Waals surface area contributed by atoms with Crippen molar-refractivity contribution in [2.75, 3.05) is 11.9 Å². The van der Waals surface area contributed by atoms with Crippen LogP contribution in [0.1, 0.15) is 39.2 Å². The average Bonchev–Trinajstić information content (AvgIpc) is 2.40. The number of benzene rings is 1. The largest absolute Gasteiger partial charge is 0.356 e. The molecule has 1 unspecified atom stereocenters. The quantitative estimate of drug-likeness (QED) is 0.874. The zero-order valence-electron chi connectivity index (χ0n) is 13.1. The van der Waals surface area contributed by atoms with E-state index in [4.69, 9.17) is 11.6 Å². The molecule has 1 aliphatic heterocycles. The number of rotatable bonds is 2. The number of nitrogens with one attached hydrogen (secondary N) is 2. The second-order valence-corrected chi connectivity index (χ2v) is 6.18. The summed E-state index contributed by atoms with van der Waals surface area (Å²) in [6, 6.07) is 5.62. The molecule has 118 valence electrons. The van der Waals surface area contributed by atoms with Gasteiger partial charge in [-0.2, -0.15) is 0 Å². The first-order valence-electron chi connectivity index (χ1n) is 7.42. The normalized spacial score (nSPS) is 19.3. The van der Waals surface area contributed by atoms with Gasteiger partial charge in [0, 0.05) is 19.9 Å². The Bertz CT molecular complexity index is 638. The van der Waals surface area contributed by atoms with Crippen LogP contribution in [0.15, 0.2) is 23.8 Å². The number of carbonyl (C=O) groups excluding carboxylic acids is 2. The molecule has 2 rings (SSSR count). The lowest BCUT2D eigenvalue weighted by molar-refractivity contribution is -0.121. The van der Waals surface area contributed by atoms with Crippen LogP contribution in [0.2, 0.25) is 5.02 Å². The number of carbonyl (C=O) groups is 2. The molecule has 2 amide bonds. The van der Waals surface area contributed by atoms with Crippen LogP contribution >= 0.6 is 11.6 Å². The van der Waals surface area contributed by atoms with Crippen molar-refractivity contribution in [1.82, 2.24) is 5.32 Å². The molecule has 4 nitrogen and oxygen atoms in total. The Morgan fingerprint density at radius 3 is 2.77 bits per heavy atom. The summed E-state index contributed by atoms with van der Waals surface area (Å²) in [6.45, 7) is 6.27. The van der Waals surface area contributed by atoms with Crippen molar-refractivity contribution < 1.29 is 9.59 Å². The highest BCUT2D eigenvalue weighted by Crippen LogP contribution is 2.34. The van der Waals surface area contributed by atoms with E-state index >= 15 is 0 Å². The summed E-state index contributed by atoms with van der Waals surface area (Å²) in [5, 5.41) is 6.12. The third-order valence-electron chi connectivity index (χ3n) is 3.86. The smallest absolute Gasteiger partial charge is 0.221 e. The Morgan fingerprint density at radius 1 is 1.41 bits per heavy atom. The van der Waals surface area contributed by atoms with E-state index in [0.29, 0.717) is 23.7 Å². The molecule has 0 bridgehead atoms. The molecule has 0 aliphatic carbocycles. The number of hydrogen-bond donors (Lipinski definition) is 2. The minimum Gasteiger partial charge on any atom is -0.356 e. The van der Waals surface area contributed by atoms with Crippen molar-refractivity contribution in [3.8, 4) is 0 Å². The summed E-state index contributed by atoms with van der Waals surface area (Å²) in [6.07, 6.45) is 1.30. The maximum absolute atomic E-state index is 11.8. The fourth-order valence-electron chi connectivity index (χ4n) is 2.90. The van der Waals surface area contributed by atoms with E-state index in [-0.39, 0.29) is 17.7 Å². The molecule has 0 radical (unpaired) electrons. The molecule has 0 spiro atoms. The Kier molecular flexibility index (Phi) is 5.24. The van der Waals surface area contributed by atoms with E-state index in [2.05, 4.69) is 24.5 Å². The van der Waals surface area contributed by atoms with Crippen LogP contribution in [0.25, 0.3) is 5.57 Å². The summed E-state index contributed by atoms with van der Waals surface area (Å²) in [5.41, 5.74) is 4.05. The Morgan fingerprint density at radius 2 is 2.14 bits per heavy atom. The molecule has 1 aromatic rings. The Hall–Kier alpha value is -1.81. The molecule has 1 heterocycles. The lowest BCUT2D eigenvalue weighted by atomic mass is 9.85. The monoisotopic (exact) mass is 320 g/mol. The Labute approximate surface area is 135 Å². The number of halogens is 1. The van der Waals surface area contributed by atoms with Gasteiger partial charge in [-0.05, 0) is 42.5 Å². The van der Waals surface area contributed by atoms with Gasteiger partial charge in [-0.25, -0.2) is 0 Å². The molecular weight excluding hydrogens is 300 g/mol. The lowest BCUT2D eigenvalue weighted by Crippen LogP contribution is -2.28. The molecule has 0 aromatic heterocycles. The first-order chi connectivity index (χ1) is 10.4. The average molecular weight is 321 g/mol. The van der Waals surface area contributed by atoms with Crippen molar-refractivity contribution >= 4 is 34.7 Å². The van der Waals surface area contributed by atoms with Gasteiger partial charge in [0.05, 0.1) is 10.7 Å². The topological polar surface area (TPSA) is 58.2 Å². The zero-order chi connectivity index (χ0) is 16.3. The molecule has 22 heavy (non-hydrogen) atoms. The van der Waals surface area contributed by atoms with Gasteiger partial charge < -0.3 is 10.6 Å². The minimum atomic E-state index is -0.152. The van der Waals surface area contributed by atoms with Gasteiger partial charge in [0.2, 0.25) is 11.8 Å². The van der Waals surface area contributed by atoms with Gasteiger partial charge in [0.1, 0.15) is 0 Å². The van der Waals surface area contributed by atoms with Crippen molar-refractivity contribution in [2.45, 2.75) is 33.6 Å². The Balaban J connectivity index is 2.39. The van der Waals surface area contributed by atoms with Crippen LogP contribution in [0, 0.1) is 5.92 Å². The second-order valence-electron chi connectivity index (χ2n) is 5.77. The molecule has 1 aromatic carbocycles. The maximum atomic E-state index is 11.8. The molecule has 2 N–H and O–H groups in total.